The number of ketones is 1. The molecule has 1 fully saturated rings. The molecular weight excluding hydrogens is 529 g/mol. The smallest absolute Gasteiger partial charge is 0.236 e. The highest BCUT2D eigenvalue weighted by Crippen LogP contribution is 2.36. The van der Waals surface area contributed by atoms with E-state index in [4.69, 9.17) is 25.9 Å². The lowest BCUT2D eigenvalue weighted by molar-refractivity contribution is -0.236. The molecule has 3 heterocycles. The van der Waals surface area contributed by atoms with Crippen LogP contribution in [0.25, 0.3) is 22.6 Å². The second-order valence-corrected chi connectivity index (χ2v) is 10.2. The van der Waals surface area contributed by atoms with E-state index < -0.39 is 23.7 Å². The lowest BCUT2D eigenvalue weighted by atomic mass is 9.80. The molecule has 212 valence electrons. The van der Waals surface area contributed by atoms with Crippen LogP contribution in [0.2, 0.25) is 0 Å². The topological polar surface area (TPSA) is 171 Å². The first-order valence-electron chi connectivity index (χ1n) is 13.0. The summed E-state index contributed by atoms with van der Waals surface area (Å²) in [5.41, 5.74) is 13.8. The van der Waals surface area contributed by atoms with Crippen molar-refractivity contribution < 1.29 is 23.5 Å². The van der Waals surface area contributed by atoms with Crippen LogP contribution in [0.4, 0.5) is 10.3 Å². The number of nitrogens with one attached hydrogen (secondary N) is 2. The summed E-state index contributed by atoms with van der Waals surface area (Å²) in [7, 11) is 0. The lowest BCUT2D eigenvalue weighted by Gasteiger charge is -2.39. The fourth-order valence-electron chi connectivity index (χ4n) is 4.51. The quantitative estimate of drug-likeness (QED) is 0.228. The van der Waals surface area contributed by atoms with Gasteiger partial charge in [-0.2, -0.15) is 0 Å². The van der Waals surface area contributed by atoms with E-state index in [1.54, 1.807) is 18.2 Å². The second kappa shape index (κ2) is 11.9. The Morgan fingerprint density at radius 1 is 1.10 bits per heavy atom. The van der Waals surface area contributed by atoms with E-state index in [2.05, 4.69) is 20.3 Å². The molecule has 1 amide bonds. The molecule has 0 spiro atoms. The largest absolute Gasteiger partial charge is 0.368 e. The zero-order valence-electron chi connectivity index (χ0n) is 22.3. The number of hydrogen-bond acceptors (Lipinski definition) is 9. The number of hydrogen-bond donors (Lipinski definition) is 4. The van der Waals surface area contributed by atoms with Crippen molar-refractivity contribution in [2.24, 2.45) is 16.9 Å². The molecule has 0 aliphatic carbocycles. The molecule has 41 heavy (non-hydrogen) atoms. The fraction of sp³-hybridized carbons (Fsp3) is 0.276. The monoisotopic (exact) mass is 559 g/mol. The molecule has 2 aromatic heterocycles. The van der Waals surface area contributed by atoms with Crippen LogP contribution in [0.15, 0.2) is 66.9 Å². The van der Waals surface area contributed by atoms with E-state index in [-0.39, 0.29) is 43.7 Å². The number of imidazole rings is 1. The third kappa shape index (κ3) is 6.46. The summed E-state index contributed by atoms with van der Waals surface area (Å²) in [5.74, 6) is -0.501. The van der Waals surface area contributed by atoms with Gasteiger partial charge in [0.2, 0.25) is 18.1 Å². The van der Waals surface area contributed by atoms with Crippen LogP contribution < -0.4 is 16.8 Å². The van der Waals surface area contributed by atoms with Gasteiger partial charge in [0.1, 0.15) is 5.82 Å². The van der Waals surface area contributed by atoms with Crippen molar-refractivity contribution in [2.45, 2.75) is 25.7 Å². The number of anilines is 1. The number of Topliss-reactive ketones (excluding diaryl/α,β-unsaturated/α-hetero) is 1. The number of aromatic nitrogens is 4. The van der Waals surface area contributed by atoms with Crippen LogP contribution in [0, 0.1) is 11.2 Å². The van der Waals surface area contributed by atoms with Crippen molar-refractivity contribution in [3.8, 4) is 22.6 Å². The van der Waals surface area contributed by atoms with Crippen LogP contribution in [0.5, 0.6) is 0 Å². The Balaban J connectivity index is 1.37. The number of H-pyrrole nitrogens is 1. The molecule has 0 bridgehead atoms. The lowest BCUT2D eigenvalue weighted by Crippen LogP contribution is -2.53. The average Bonchev–Trinajstić information content (AvgIpc) is 3.42. The fourth-order valence-corrected chi connectivity index (χ4v) is 4.51. The summed E-state index contributed by atoms with van der Waals surface area (Å²) in [6, 6.07) is 16.2. The van der Waals surface area contributed by atoms with Gasteiger partial charge in [-0.05, 0) is 35.9 Å². The van der Waals surface area contributed by atoms with E-state index in [1.807, 2.05) is 37.3 Å². The van der Waals surface area contributed by atoms with E-state index in [9.17, 15) is 14.0 Å². The summed E-state index contributed by atoms with van der Waals surface area (Å²) >= 11 is 0. The molecule has 1 unspecified atom stereocenters. The van der Waals surface area contributed by atoms with Gasteiger partial charge in [0.15, 0.2) is 11.6 Å². The number of nitrogens with zero attached hydrogens (tertiary/aromatic N) is 3. The number of primary amides is 1. The number of nitrogens with two attached hydrogens (primary N) is 2. The molecule has 1 saturated heterocycles. The van der Waals surface area contributed by atoms with Crippen molar-refractivity contribution in [2.75, 3.05) is 25.1 Å². The minimum Gasteiger partial charge on any atom is -0.368 e. The van der Waals surface area contributed by atoms with Gasteiger partial charge in [-0.15, -0.1) is 0 Å². The summed E-state index contributed by atoms with van der Waals surface area (Å²) in [4.78, 5) is 40.6. The highest BCUT2D eigenvalue weighted by Gasteiger charge is 2.42. The van der Waals surface area contributed by atoms with Gasteiger partial charge >= 0.3 is 0 Å². The molecule has 2 aromatic carbocycles. The molecule has 0 saturated carbocycles. The summed E-state index contributed by atoms with van der Waals surface area (Å²) in [5, 5.41) is 2.77. The van der Waals surface area contributed by atoms with E-state index in [0.29, 0.717) is 28.5 Å². The number of carbonyl (C=O) groups excluding carboxylic acids is 2. The van der Waals surface area contributed by atoms with Crippen molar-refractivity contribution in [3.05, 3.63) is 84.1 Å². The normalized spacial score (nSPS) is 19.4. The highest BCUT2D eigenvalue weighted by atomic mass is 19.1. The Hall–Kier alpha value is -4.52. The molecule has 6 N–H and O–H groups in total. The standard InChI is InChI=1S/C29H30FN7O4/c1-29(25(32)21(38)13-17-5-3-2-4-6-17)15-40-27(41-16-29)26-36-23(18-7-9-19(30)10-8-18)24(37-26)20-11-12-33-28(35-20)34-14-22(31)39/h2-12,25,27H,13-16,32H2,1H3,(H2,31,39)(H,36,37)(H,33,34,35). The highest BCUT2D eigenvalue weighted by molar-refractivity contribution is 5.86. The molecule has 1 aliphatic heterocycles. The van der Waals surface area contributed by atoms with Crippen molar-refractivity contribution in [1.29, 1.82) is 0 Å². The predicted molar refractivity (Wildman–Crippen MR) is 149 cm³/mol. The molecule has 0 radical (unpaired) electrons. The first-order valence-corrected chi connectivity index (χ1v) is 13.0. The van der Waals surface area contributed by atoms with E-state index in [1.165, 1.54) is 18.3 Å². The number of halogens is 1. The Bertz CT molecular complexity index is 1520. The number of benzene rings is 2. The van der Waals surface area contributed by atoms with Crippen LogP contribution >= 0.6 is 0 Å². The van der Waals surface area contributed by atoms with Gasteiger partial charge in [0.25, 0.3) is 0 Å². The number of amides is 1. The van der Waals surface area contributed by atoms with Crippen LogP contribution in [-0.4, -0.2) is 57.4 Å². The summed E-state index contributed by atoms with van der Waals surface area (Å²) in [6.45, 7) is 2.04. The first-order chi connectivity index (χ1) is 19.7. The SMILES string of the molecule is CC1(C(N)C(=O)Cc2ccccc2)COC(c2nc(-c3ccc(F)cc3)c(-c3ccnc(NCC(N)=O)n3)[nH]2)OC1. The third-order valence-electron chi connectivity index (χ3n) is 6.84. The molecule has 1 aliphatic rings. The Labute approximate surface area is 235 Å². The minimum atomic E-state index is -0.873. The maximum atomic E-state index is 13.7. The van der Waals surface area contributed by atoms with Gasteiger partial charge in [0.05, 0.1) is 42.9 Å². The van der Waals surface area contributed by atoms with Crippen molar-refractivity contribution in [1.82, 2.24) is 19.9 Å². The van der Waals surface area contributed by atoms with Crippen LogP contribution in [0.3, 0.4) is 0 Å². The number of ether oxygens (including phenoxy) is 2. The molecule has 4 aromatic rings. The number of rotatable bonds is 10. The number of carbonyl (C=O) groups is 2. The Morgan fingerprint density at radius 3 is 2.49 bits per heavy atom. The predicted octanol–water partition coefficient (Wildman–Crippen LogP) is 2.76. The summed E-state index contributed by atoms with van der Waals surface area (Å²) in [6.07, 6.45) is 0.869. The van der Waals surface area contributed by atoms with E-state index >= 15 is 0 Å². The zero-order valence-corrected chi connectivity index (χ0v) is 22.3. The maximum absolute atomic E-state index is 13.7. The van der Waals surface area contributed by atoms with E-state index in [0.717, 1.165) is 5.56 Å². The van der Waals surface area contributed by atoms with Crippen LogP contribution in [-0.2, 0) is 25.5 Å². The van der Waals surface area contributed by atoms with Gasteiger partial charge < -0.3 is 31.2 Å². The van der Waals surface area contributed by atoms with Gasteiger partial charge in [-0.1, -0.05) is 37.3 Å². The average molecular weight is 560 g/mol. The Kier molecular flexibility index (Phi) is 8.15. The van der Waals surface area contributed by atoms with Gasteiger partial charge in [-0.25, -0.2) is 19.3 Å². The molecule has 11 nitrogen and oxygen atoms in total. The first kappa shape index (κ1) is 28.0. The minimum absolute atomic E-state index is 0.104. The second-order valence-electron chi connectivity index (χ2n) is 10.2. The molecule has 5 rings (SSSR count). The third-order valence-corrected chi connectivity index (χ3v) is 6.84. The van der Waals surface area contributed by atoms with Crippen molar-refractivity contribution >= 4 is 17.6 Å². The Morgan fingerprint density at radius 2 is 1.80 bits per heavy atom. The van der Waals surface area contributed by atoms with Crippen molar-refractivity contribution in [3.63, 3.8) is 0 Å². The van der Waals surface area contributed by atoms with Gasteiger partial charge in [0, 0.05) is 23.6 Å². The zero-order chi connectivity index (χ0) is 29.0. The van der Waals surface area contributed by atoms with Crippen LogP contribution in [0.1, 0.15) is 24.6 Å². The van der Waals surface area contributed by atoms with Gasteiger partial charge in [-0.3, -0.25) is 9.59 Å². The summed E-state index contributed by atoms with van der Waals surface area (Å²) < 4.78 is 25.8. The number of aromatic amines is 1. The maximum Gasteiger partial charge on any atom is 0.236 e. The molecule has 1 atom stereocenters. The molecule has 12 heteroatoms. The molecular formula is C29H30FN7O4.